The van der Waals surface area contributed by atoms with Gasteiger partial charge in [-0.2, -0.15) is 0 Å². The van der Waals surface area contributed by atoms with E-state index in [1.165, 1.54) is 32.1 Å². The van der Waals surface area contributed by atoms with E-state index in [1.54, 1.807) is 11.1 Å². The minimum atomic E-state index is -0.0842. The molecule has 2 fully saturated rings. The predicted octanol–water partition coefficient (Wildman–Crippen LogP) is 2.72. The number of fused-ring (bicyclic) bond motifs is 2. The summed E-state index contributed by atoms with van der Waals surface area (Å²) in [6, 6.07) is 9.06. The van der Waals surface area contributed by atoms with E-state index in [0.717, 1.165) is 51.6 Å². The first-order chi connectivity index (χ1) is 13.7. The number of aryl methyl sites for hydroxylation is 1. The number of aliphatic hydroxyl groups is 1. The van der Waals surface area contributed by atoms with Crippen molar-refractivity contribution in [1.29, 1.82) is 0 Å². The second-order valence-electron chi connectivity index (χ2n) is 8.99. The number of piperidine rings is 1. The zero-order valence-electron chi connectivity index (χ0n) is 17.3. The highest BCUT2D eigenvalue weighted by Gasteiger charge is 2.41. The van der Waals surface area contributed by atoms with Crippen molar-refractivity contribution in [2.75, 3.05) is 46.5 Å². The Kier molecular flexibility index (Phi) is 5.93. The Morgan fingerprint density at radius 2 is 1.96 bits per heavy atom. The second kappa shape index (κ2) is 8.42. The van der Waals surface area contributed by atoms with Gasteiger partial charge in [-0.25, -0.2) is 0 Å². The van der Waals surface area contributed by atoms with Gasteiger partial charge in [-0.3, -0.25) is 4.99 Å². The number of aliphatic hydroxyl groups excluding tert-OH is 1. The number of likely N-dealkylation sites (tertiary alicyclic amines) is 1. The van der Waals surface area contributed by atoms with Crippen LogP contribution in [0.4, 0.5) is 0 Å². The summed E-state index contributed by atoms with van der Waals surface area (Å²) in [5.41, 5.74) is 3.29. The van der Waals surface area contributed by atoms with E-state index < -0.39 is 0 Å². The van der Waals surface area contributed by atoms with E-state index in [-0.39, 0.29) is 17.4 Å². The number of hydrogen-bond donors (Lipinski definition) is 2. The lowest BCUT2D eigenvalue weighted by Crippen LogP contribution is -2.55. The van der Waals surface area contributed by atoms with Gasteiger partial charge >= 0.3 is 0 Å². The van der Waals surface area contributed by atoms with Crippen molar-refractivity contribution in [3.05, 3.63) is 35.4 Å². The highest BCUT2D eigenvalue weighted by atomic mass is 16.5. The highest BCUT2D eigenvalue weighted by Crippen LogP contribution is 2.43. The van der Waals surface area contributed by atoms with Crippen LogP contribution in [-0.4, -0.2) is 62.5 Å². The zero-order valence-corrected chi connectivity index (χ0v) is 17.3. The van der Waals surface area contributed by atoms with Crippen LogP contribution in [0.2, 0.25) is 0 Å². The average molecular weight is 386 g/mol. The molecule has 4 rings (SSSR count). The maximum Gasteiger partial charge on any atom is 0.193 e. The first-order valence-electron chi connectivity index (χ1n) is 10.9. The summed E-state index contributed by atoms with van der Waals surface area (Å²) in [5, 5.41) is 13.6. The molecule has 0 radical (unpaired) electrons. The molecule has 5 heteroatoms. The summed E-state index contributed by atoms with van der Waals surface area (Å²) in [7, 11) is 1.88. The quantitative estimate of drug-likeness (QED) is 0.621. The molecule has 154 valence electrons. The normalized spacial score (nSPS) is 27.5. The van der Waals surface area contributed by atoms with Crippen LogP contribution in [0.25, 0.3) is 0 Å². The lowest BCUT2D eigenvalue weighted by Gasteiger charge is -2.47. The molecule has 0 aromatic heterocycles. The number of ether oxygens (including phenoxy) is 1. The highest BCUT2D eigenvalue weighted by molar-refractivity contribution is 5.80. The summed E-state index contributed by atoms with van der Waals surface area (Å²) in [6.45, 7) is 4.55. The minimum Gasteiger partial charge on any atom is -0.396 e. The van der Waals surface area contributed by atoms with Crippen molar-refractivity contribution in [2.24, 2.45) is 10.4 Å². The van der Waals surface area contributed by atoms with Crippen LogP contribution in [0.5, 0.6) is 0 Å². The molecule has 0 amide bonds. The van der Waals surface area contributed by atoms with E-state index in [9.17, 15) is 5.11 Å². The fourth-order valence-corrected chi connectivity index (χ4v) is 5.54. The van der Waals surface area contributed by atoms with Crippen molar-refractivity contribution in [1.82, 2.24) is 10.2 Å². The fraction of sp³-hybridized carbons (Fsp3) is 0.696. The zero-order chi connectivity index (χ0) is 19.5. The molecule has 1 atom stereocenters. The molecule has 5 nitrogen and oxygen atoms in total. The van der Waals surface area contributed by atoms with Gasteiger partial charge in [0.2, 0.25) is 0 Å². The molecule has 2 saturated heterocycles. The summed E-state index contributed by atoms with van der Waals surface area (Å²) < 4.78 is 5.50. The van der Waals surface area contributed by atoms with E-state index in [2.05, 4.69) is 39.5 Å². The second-order valence-corrected chi connectivity index (χ2v) is 8.99. The maximum absolute atomic E-state index is 10.00. The molecule has 2 aliphatic heterocycles. The van der Waals surface area contributed by atoms with Gasteiger partial charge in [0, 0.05) is 50.7 Å². The number of nitrogens with zero attached hydrogens (tertiary/aromatic N) is 2. The molecule has 28 heavy (non-hydrogen) atoms. The van der Waals surface area contributed by atoms with Gasteiger partial charge in [0.05, 0.1) is 6.61 Å². The van der Waals surface area contributed by atoms with Crippen LogP contribution < -0.4 is 5.32 Å². The molecule has 1 aromatic carbocycles. The fourth-order valence-electron chi connectivity index (χ4n) is 5.54. The molecule has 0 bridgehead atoms. The third-order valence-electron chi connectivity index (χ3n) is 7.29. The van der Waals surface area contributed by atoms with E-state index in [4.69, 9.17) is 4.74 Å². The Bertz CT molecular complexity index is 699. The number of guanidine groups is 1. The molecule has 1 spiro atoms. The van der Waals surface area contributed by atoms with Crippen molar-refractivity contribution in [2.45, 2.75) is 50.4 Å². The van der Waals surface area contributed by atoms with Crippen molar-refractivity contribution in [3.63, 3.8) is 0 Å². The molecule has 1 unspecified atom stereocenters. The topological polar surface area (TPSA) is 57.1 Å². The smallest absolute Gasteiger partial charge is 0.193 e. The van der Waals surface area contributed by atoms with Gasteiger partial charge < -0.3 is 20.1 Å². The molecule has 1 aliphatic carbocycles. The number of hydrogen-bond acceptors (Lipinski definition) is 3. The number of rotatable bonds is 3. The standard InChI is InChI=1S/C23H35N3O2/c1-24-21(25-16-22(18-27)11-14-28-15-12-22)26-13-5-10-23(17-26)9-4-7-19-6-2-3-8-20(19)23/h2-3,6,8,27H,4-5,7,9-18H2,1H3,(H,24,25). The largest absolute Gasteiger partial charge is 0.396 e. The number of benzene rings is 1. The summed E-state index contributed by atoms with van der Waals surface area (Å²) in [5.74, 6) is 0.987. The van der Waals surface area contributed by atoms with Crippen LogP contribution in [0, 0.1) is 5.41 Å². The van der Waals surface area contributed by atoms with Gasteiger partial charge in [0.1, 0.15) is 0 Å². The minimum absolute atomic E-state index is 0.0842. The van der Waals surface area contributed by atoms with Crippen LogP contribution in [-0.2, 0) is 16.6 Å². The van der Waals surface area contributed by atoms with Crippen LogP contribution in [0.15, 0.2) is 29.3 Å². The van der Waals surface area contributed by atoms with Crippen molar-refractivity contribution >= 4 is 5.96 Å². The van der Waals surface area contributed by atoms with Gasteiger partial charge in [0.15, 0.2) is 5.96 Å². The first kappa shape index (κ1) is 19.7. The summed E-state index contributed by atoms with van der Waals surface area (Å²) in [4.78, 5) is 7.07. The SMILES string of the molecule is CN=C(NCC1(CO)CCOCC1)N1CCCC2(CCCc3ccccc32)C1. The average Bonchev–Trinajstić information content (AvgIpc) is 2.75. The van der Waals surface area contributed by atoms with E-state index in [1.807, 2.05) is 7.05 Å². The Labute approximate surface area is 169 Å². The molecule has 2 heterocycles. The lowest BCUT2D eigenvalue weighted by molar-refractivity contribution is -0.0135. The summed E-state index contributed by atoms with van der Waals surface area (Å²) >= 11 is 0. The van der Waals surface area contributed by atoms with Crippen LogP contribution in [0.3, 0.4) is 0 Å². The van der Waals surface area contributed by atoms with Gasteiger partial charge in [-0.15, -0.1) is 0 Å². The first-order valence-corrected chi connectivity index (χ1v) is 10.9. The molecule has 3 aliphatic rings. The van der Waals surface area contributed by atoms with Crippen molar-refractivity contribution in [3.8, 4) is 0 Å². The van der Waals surface area contributed by atoms with Crippen molar-refractivity contribution < 1.29 is 9.84 Å². The predicted molar refractivity (Wildman–Crippen MR) is 113 cm³/mol. The van der Waals surface area contributed by atoms with Gasteiger partial charge in [-0.1, -0.05) is 24.3 Å². The van der Waals surface area contributed by atoms with E-state index >= 15 is 0 Å². The van der Waals surface area contributed by atoms with Gasteiger partial charge in [0.25, 0.3) is 0 Å². The molecule has 1 aromatic rings. The van der Waals surface area contributed by atoms with Crippen LogP contribution in [0.1, 0.15) is 49.7 Å². The molecule has 2 N–H and O–H groups in total. The maximum atomic E-state index is 10.00. The monoisotopic (exact) mass is 385 g/mol. The molecular weight excluding hydrogens is 350 g/mol. The Morgan fingerprint density at radius 1 is 1.18 bits per heavy atom. The third kappa shape index (κ3) is 3.79. The number of aliphatic imine (C=N–C) groups is 1. The van der Waals surface area contributed by atoms with Gasteiger partial charge in [-0.05, 0) is 56.1 Å². The molecular formula is C23H35N3O2. The summed E-state index contributed by atoms with van der Waals surface area (Å²) in [6.07, 6.45) is 8.06. The Morgan fingerprint density at radius 3 is 2.75 bits per heavy atom. The molecule has 0 saturated carbocycles. The third-order valence-corrected chi connectivity index (χ3v) is 7.29. The number of nitrogens with one attached hydrogen (secondary N) is 1. The Hall–Kier alpha value is -1.59. The lowest BCUT2D eigenvalue weighted by atomic mass is 9.66. The van der Waals surface area contributed by atoms with Crippen LogP contribution >= 0.6 is 0 Å². The Balaban J connectivity index is 1.48. The van der Waals surface area contributed by atoms with E-state index in [0.29, 0.717) is 0 Å².